The van der Waals surface area contributed by atoms with Crippen molar-refractivity contribution in [3.8, 4) is 0 Å². The lowest BCUT2D eigenvalue weighted by molar-refractivity contribution is -0.220. The molecule has 1 saturated heterocycles. The lowest BCUT2D eigenvalue weighted by Crippen LogP contribution is -2.58. The molecule has 3 rings (SSSR count). The van der Waals surface area contributed by atoms with E-state index in [9.17, 15) is 5.11 Å². The van der Waals surface area contributed by atoms with Gasteiger partial charge in [-0.1, -0.05) is 12.2 Å². The monoisotopic (exact) mass is 168 g/mol. The van der Waals surface area contributed by atoms with Crippen LogP contribution < -0.4 is 0 Å². The SMILES string of the molecule is CC1(C)O[C@@]2(C)C=C[C@@H]1C[C@@H]2O. The van der Waals surface area contributed by atoms with Crippen molar-refractivity contribution in [2.24, 2.45) is 5.92 Å². The van der Waals surface area contributed by atoms with Crippen molar-refractivity contribution in [1.29, 1.82) is 0 Å². The molecule has 1 N–H and O–H groups in total. The maximum absolute atomic E-state index is 9.71. The van der Waals surface area contributed by atoms with Gasteiger partial charge in [0.25, 0.3) is 0 Å². The third-order valence-corrected chi connectivity index (χ3v) is 3.17. The first-order valence-corrected chi connectivity index (χ1v) is 4.52. The molecule has 2 heteroatoms. The van der Waals surface area contributed by atoms with E-state index in [4.69, 9.17) is 4.74 Å². The Balaban J connectivity index is 2.37. The Hall–Kier alpha value is -0.340. The maximum atomic E-state index is 9.71. The first-order valence-electron chi connectivity index (χ1n) is 4.52. The van der Waals surface area contributed by atoms with Crippen molar-refractivity contribution in [2.75, 3.05) is 0 Å². The number of rotatable bonds is 0. The molecule has 0 unspecified atom stereocenters. The van der Waals surface area contributed by atoms with Crippen LogP contribution in [0.5, 0.6) is 0 Å². The Labute approximate surface area is 73.2 Å². The summed E-state index contributed by atoms with van der Waals surface area (Å²) in [6.45, 7) is 6.13. The molecule has 12 heavy (non-hydrogen) atoms. The zero-order valence-corrected chi connectivity index (χ0v) is 7.87. The minimum Gasteiger partial charge on any atom is -0.390 e. The summed E-state index contributed by atoms with van der Waals surface area (Å²) in [5.41, 5.74) is -0.555. The fourth-order valence-corrected chi connectivity index (χ4v) is 2.23. The molecule has 0 aromatic heterocycles. The highest BCUT2D eigenvalue weighted by molar-refractivity contribution is 5.19. The molecule has 68 valence electrons. The van der Waals surface area contributed by atoms with Gasteiger partial charge in [0.2, 0.25) is 0 Å². The van der Waals surface area contributed by atoms with Crippen molar-refractivity contribution in [3.63, 3.8) is 0 Å². The normalized spacial score (nSPS) is 49.7. The molecule has 0 spiro atoms. The first kappa shape index (κ1) is 8.27. The van der Waals surface area contributed by atoms with Crippen LogP contribution in [0.25, 0.3) is 0 Å². The second-order valence-corrected chi connectivity index (χ2v) is 4.61. The first-order chi connectivity index (χ1) is 5.44. The van der Waals surface area contributed by atoms with Gasteiger partial charge in [-0.15, -0.1) is 0 Å². The summed E-state index contributed by atoms with van der Waals surface area (Å²) in [6.07, 6.45) is 4.67. The van der Waals surface area contributed by atoms with E-state index in [1.54, 1.807) is 0 Å². The minimum absolute atomic E-state index is 0.108. The molecule has 0 aromatic carbocycles. The largest absolute Gasteiger partial charge is 0.390 e. The Morgan fingerprint density at radius 3 is 2.42 bits per heavy atom. The summed E-state index contributed by atoms with van der Waals surface area (Å²) >= 11 is 0. The minimum atomic E-state index is -0.446. The molecule has 1 fully saturated rings. The van der Waals surface area contributed by atoms with Gasteiger partial charge in [0, 0.05) is 5.92 Å². The summed E-state index contributed by atoms with van der Waals surface area (Å²) in [5.74, 6) is 0.370. The second-order valence-electron chi connectivity index (χ2n) is 4.61. The molecule has 0 radical (unpaired) electrons. The van der Waals surface area contributed by atoms with Crippen molar-refractivity contribution in [2.45, 2.75) is 44.5 Å². The molecule has 2 nitrogen and oxygen atoms in total. The van der Waals surface area contributed by atoms with Crippen molar-refractivity contribution < 1.29 is 9.84 Å². The number of aliphatic hydroxyl groups is 1. The number of ether oxygens (including phenoxy) is 1. The fraction of sp³-hybridized carbons (Fsp3) is 0.800. The lowest BCUT2D eigenvalue weighted by Gasteiger charge is -2.52. The van der Waals surface area contributed by atoms with Gasteiger partial charge in [-0.05, 0) is 27.2 Å². The number of hydrogen-bond donors (Lipinski definition) is 1. The lowest BCUT2D eigenvalue weighted by atomic mass is 9.72. The van der Waals surface area contributed by atoms with Gasteiger partial charge < -0.3 is 9.84 Å². The Kier molecular flexibility index (Phi) is 1.46. The number of fused-ring (bicyclic) bond motifs is 2. The van der Waals surface area contributed by atoms with E-state index in [2.05, 4.69) is 19.9 Å². The van der Waals surface area contributed by atoms with E-state index in [0.717, 1.165) is 6.42 Å². The van der Waals surface area contributed by atoms with Gasteiger partial charge in [-0.3, -0.25) is 0 Å². The molecule has 3 atom stereocenters. The number of hydrogen-bond acceptors (Lipinski definition) is 2. The number of aliphatic hydroxyl groups excluding tert-OH is 1. The van der Waals surface area contributed by atoms with E-state index in [-0.39, 0.29) is 11.7 Å². The molecule has 3 aliphatic rings. The van der Waals surface area contributed by atoms with E-state index >= 15 is 0 Å². The fourth-order valence-electron chi connectivity index (χ4n) is 2.23. The van der Waals surface area contributed by atoms with Crippen LogP contribution in [0.4, 0.5) is 0 Å². The van der Waals surface area contributed by atoms with Crippen molar-refractivity contribution >= 4 is 0 Å². The standard InChI is InChI=1S/C10H16O2/c1-9(2)7-4-5-10(3,12-9)8(11)6-7/h4-5,7-8,11H,6H2,1-3H3/t7-,8+,10+/m1/s1. The van der Waals surface area contributed by atoms with Crippen LogP contribution in [-0.2, 0) is 4.74 Å². The van der Waals surface area contributed by atoms with Gasteiger partial charge in [0.05, 0.1) is 11.7 Å². The zero-order chi connectivity index (χ0) is 8.98. The summed E-state index contributed by atoms with van der Waals surface area (Å²) in [4.78, 5) is 0. The molecule has 0 saturated carbocycles. The Morgan fingerprint density at radius 1 is 1.42 bits per heavy atom. The average molecular weight is 168 g/mol. The average Bonchev–Trinajstić information content (AvgIpc) is 1.91. The topological polar surface area (TPSA) is 29.5 Å². The van der Waals surface area contributed by atoms with Crippen LogP contribution in [-0.4, -0.2) is 22.4 Å². The Bertz CT molecular complexity index is 232. The molecule has 2 bridgehead atoms. The van der Waals surface area contributed by atoms with Crippen LogP contribution in [0.2, 0.25) is 0 Å². The predicted octanol–water partition coefficient (Wildman–Crippen LogP) is 1.49. The molecular weight excluding hydrogens is 152 g/mol. The highest BCUT2D eigenvalue weighted by atomic mass is 16.5. The van der Waals surface area contributed by atoms with Gasteiger partial charge >= 0.3 is 0 Å². The molecular formula is C10H16O2. The second kappa shape index (κ2) is 2.12. The summed E-state index contributed by atoms with van der Waals surface area (Å²) < 4.78 is 5.84. The molecule has 2 aliphatic heterocycles. The van der Waals surface area contributed by atoms with E-state index in [1.165, 1.54) is 0 Å². The van der Waals surface area contributed by atoms with E-state index in [0.29, 0.717) is 5.92 Å². The highest BCUT2D eigenvalue weighted by Crippen LogP contribution is 2.45. The maximum Gasteiger partial charge on any atom is 0.110 e. The third-order valence-electron chi connectivity index (χ3n) is 3.17. The highest BCUT2D eigenvalue weighted by Gasteiger charge is 2.50. The molecule has 2 heterocycles. The molecule has 0 aromatic rings. The van der Waals surface area contributed by atoms with Crippen LogP contribution in [0.15, 0.2) is 12.2 Å². The smallest absolute Gasteiger partial charge is 0.110 e. The van der Waals surface area contributed by atoms with Gasteiger partial charge in [-0.2, -0.15) is 0 Å². The van der Waals surface area contributed by atoms with Gasteiger partial charge in [-0.25, -0.2) is 0 Å². The predicted molar refractivity (Wildman–Crippen MR) is 46.8 cm³/mol. The van der Waals surface area contributed by atoms with Gasteiger partial charge in [0.1, 0.15) is 5.60 Å². The zero-order valence-electron chi connectivity index (χ0n) is 7.87. The Morgan fingerprint density at radius 2 is 2.08 bits per heavy atom. The summed E-state index contributed by atoms with van der Waals surface area (Å²) in [5, 5.41) is 9.71. The van der Waals surface area contributed by atoms with E-state index < -0.39 is 5.60 Å². The summed E-state index contributed by atoms with van der Waals surface area (Å²) in [7, 11) is 0. The van der Waals surface area contributed by atoms with Crippen molar-refractivity contribution in [1.82, 2.24) is 0 Å². The van der Waals surface area contributed by atoms with Crippen molar-refractivity contribution in [3.05, 3.63) is 12.2 Å². The van der Waals surface area contributed by atoms with Gasteiger partial charge in [0.15, 0.2) is 0 Å². The van der Waals surface area contributed by atoms with Crippen LogP contribution >= 0.6 is 0 Å². The van der Waals surface area contributed by atoms with E-state index in [1.807, 2.05) is 13.0 Å². The quantitative estimate of drug-likeness (QED) is 0.555. The third kappa shape index (κ3) is 0.947. The van der Waals surface area contributed by atoms with Crippen LogP contribution in [0, 0.1) is 5.92 Å². The summed E-state index contributed by atoms with van der Waals surface area (Å²) in [6, 6.07) is 0. The van der Waals surface area contributed by atoms with Crippen LogP contribution in [0.3, 0.4) is 0 Å². The molecule has 0 amide bonds. The molecule has 1 aliphatic carbocycles. The van der Waals surface area contributed by atoms with Crippen LogP contribution in [0.1, 0.15) is 27.2 Å².